The van der Waals surface area contributed by atoms with E-state index in [1.165, 1.54) is 6.07 Å². The van der Waals surface area contributed by atoms with Gasteiger partial charge in [-0.15, -0.1) is 0 Å². The van der Waals surface area contributed by atoms with E-state index in [0.29, 0.717) is 5.69 Å². The van der Waals surface area contributed by atoms with Crippen molar-refractivity contribution in [3.05, 3.63) is 23.8 Å². The minimum atomic E-state index is -1.80. The molecule has 0 bridgehead atoms. The third kappa shape index (κ3) is 2.26. The van der Waals surface area contributed by atoms with Gasteiger partial charge < -0.3 is 10.0 Å². The van der Waals surface area contributed by atoms with E-state index < -0.39 is 13.1 Å². The highest BCUT2D eigenvalue weighted by molar-refractivity contribution is 6.58. The van der Waals surface area contributed by atoms with Crippen molar-refractivity contribution in [1.82, 2.24) is 4.98 Å². The summed E-state index contributed by atoms with van der Waals surface area (Å²) in [6.07, 6.45) is 0. The van der Waals surface area contributed by atoms with Gasteiger partial charge in [-0.1, -0.05) is 19.9 Å². The Kier molecular flexibility index (Phi) is 3.00. The molecule has 0 unspecified atom stereocenters. The van der Waals surface area contributed by atoms with Gasteiger partial charge in [-0.05, 0) is 12.0 Å². The average molecular weight is 183 g/mol. The van der Waals surface area contributed by atoms with Crippen molar-refractivity contribution in [3.63, 3.8) is 0 Å². The van der Waals surface area contributed by atoms with Crippen molar-refractivity contribution < 1.29 is 14.4 Å². The highest BCUT2D eigenvalue weighted by atomic mass is 19.1. The fraction of sp³-hybridized carbons (Fsp3) is 0.375. The Balaban J connectivity index is 3.06. The molecule has 0 atom stereocenters. The lowest BCUT2D eigenvalue weighted by atomic mass is 9.81. The van der Waals surface area contributed by atoms with Gasteiger partial charge in [0, 0.05) is 11.2 Å². The van der Waals surface area contributed by atoms with E-state index in [1.807, 2.05) is 13.8 Å². The van der Waals surface area contributed by atoms with E-state index in [-0.39, 0.29) is 11.4 Å². The van der Waals surface area contributed by atoms with Crippen LogP contribution in [0.4, 0.5) is 4.39 Å². The van der Waals surface area contributed by atoms with Crippen LogP contribution in [0.3, 0.4) is 0 Å². The lowest BCUT2D eigenvalue weighted by Gasteiger charge is -2.06. The van der Waals surface area contributed by atoms with Crippen molar-refractivity contribution in [2.24, 2.45) is 0 Å². The molecule has 1 rings (SSSR count). The fourth-order valence-corrected chi connectivity index (χ4v) is 0.973. The molecule has 3 nitrogen and oxygen atoms in total. The summed E-state index contributed by atoms with van der Waals surface area (Å²) in [5.74, 6) is -0.694. The molecule has 0 aliphatic heterocycles. The summed E-state index contributed by atoms with van der Waals surface area (Å²) in [4.78, 5) is 3.61. The fourth-order valence-electron chi connectivity index (χ4n) is 0.973. The predicted molar refractivity (Wildman–Crippen MR) is 48.1 cm³/mol. The summed E-state index contributed by atoms with van der Waals surface area (Å²) < 4.78 is 13.0. The van der Waals surface area contributed by atoms with Gasteiger partial charge in [0.15, 0.2) is 0 Å². The number of halogens is 1. The van der Waals surface area contributed by atoms with Crippen LogP contribution in [-0.4, -0.2) is 22.2 Å². The maximum atomic E-state index is 13.0. The molecule has 0 aliphatic rings. The van der Waals surface area contributed by atoms with Crippen LogP contribution >= 0.6 is 0 Å². The molecule has 1 aromatic heterocycles. The van der Waals surface area contributed by atoms with E-state index in [4.69, 9.17) is 10.0 Å². The summed E-state index contributed by atoms with van der Waals surface area (Å²) >= 11 is 0. The zero-order valence-electron chi connectivity index (χ0n) is 7.53. The zero-order chi connectivity index (χ0) is 10.0. The molecular weight excluding hydrogens is 172 g/mol. The zero-order valence-corrected chi connectivity index (χ0v) is 7.53. The third-order valence-electron chi connectivity index (χ3n) is 1.77. The van der Waals surface area contributed by atoms with Crippen molar-refractivity contribution in [2.45, 2.75) is 19.8 Å². The van der Waals surface area contributed by atoms with Gasteiger partial charge in [0.1, 0.15) is 0 Å². The lowest BCUT2D eigenvalue weighted by molar-refractivity contribution is 0.421. The second-order valence-electron chi connectivity index (χ2n) is 3.14. The van der Waals surface area contributed by atoms with E-state index in [1.54, 1.807) is 6.07 Å². The molecule has 0 saturated carbocycles. The van der Waals surface area contributed by atoms with Crippen LogP contribution in [0.15, 0.2) is 12.1 Å². The van der Waals surface area contributed by atoms with Gasteiger partial charge in [0.25, 0.3) is 0 Å². The largest absolute Gasteiger partial charge is 0.493 e. The van der Waals surface area contributed by atoms with Crippen molar-refractivity contribution >= 4 is 12.6 Å². The van der Waals surface area contributed by atoms with Gasteiger partial charge in [0.05, 0.1) is 0 Å². The Hall–Kier alpha value is -0.935. The molecule has 1 aromatic rings. The standard InChI is InChI=1S/C8H11BFNO2/c1-5(2)7-4-3-6(9(12)13)8(10)11-7/h3-5,12-13H,1-2H3. The molecule has 0 fully saturated rings. The monoisotopic (exact) mass is 183 g/mol. The molecule has 0 saturated heterocycles. The Morgan fingerprint density at radius 3 is 2.38 bits per heavy atom. The molecule has 2 N–H and O–H groups in total. The van der Waals surface area contributed by atoms with Gasteiger partial charge in [0.2, 0.25) is 5.95 Å². The van der Waals surface area contributed by atoms with Crippen LogP contribution < -0.4 is 5.46 Å². The minimum absolute atomic E-state index is 0.124. The molecule has 1 heterocycles. The average Bonchev–Trinajstić information content (AvgIpc) is 2.03. The number of nitrogens with zero attached hydrogens (tertiary/aromatic N) is 1. The third-order valence-corrected chi connectivity index (χ3v) is 1.77. The summed E-state index contributed by atoms with van der Waals surface area (Å²) in [6, 6.07) is 2.92. The Labute approximate surface area is 76.4 Å². The first kappa shape index (κ1) is 10.1. The summed E-state index contributed by atoms with van der Waals surface area (Å²) in [5.41, 5.74) is 0.409. The van der Waals surface area contributed by atoms with Crippen LogP contribution in [0.5, 0.6) is 0 Å². The van der Waals surface area contributed by atoms with Gasteiger partial charge in [-0.25, -0.2) is 4.98 Å². The highest BCUT2D eigenvalue weighted by Gasteiger charge is 2.18. The summed E-state index contributed by atoms with van der Waals surface area (Å²) in [5, 5.41) is 17.4. The number of pyridine rings is 1. The second-order valence-corrected chi connectivity index (χ2v) is 3.14. The Morgan fingerprint density at radius 2 is 2.00 bits per heavy atom. The molecule has 0 aromatic carbocycles. The normalized spacial score (nSPS) is 10.6. The highest BCUT2D eigenvalue weighted by Crippen LogP contribution is 2.09. The van der Waals surface area contributed by atoms with Gasteiger partial charge in [-0.3, -0.25) is 0 Å². The molecule has 0 radical (unpaired) electrons. The smallest absolute Gasteiger partial charge is 0.423 e. The summed E-state index contributed by atoms with van der Waals surface area (Å²) in [7, 11) is -1.80. The van der Waals surface area contributed by atoms with E-state index in [9.17, 15) is 4.39 Å². The first-order valence-electron chi connectivity index (χ1n) is 4.05. The van der Waals surface area contributed by atoms with Crippen molar-refractivity contribution in [2.75, 3.05) is 0 Å². The molecule has 13 heavy (non-hydrogen) atoms. The van der Waals surface area contributed by atoms with Crippen molar-refractivity contribution in [3.8, 4) is 0 Å². The van der Waals surface area contributed by atoms with Crippen LogP contribution in [0.2, 0.25) is 0 Å². The Morgan fingerprint density at radius 1 is 1.38 bits per heavy atom. The number of rotatable bonds is 2. The minimum Gasteiger partial charge on any atom is -0.423 e. The van der Waals surface area contributed by atoms with Gasteiger partial charge in [-0.2, -0.15) is 4.39 Å². The van der Waals surface area contributed by atoms with Crippen LogP contribution in [0.25, 0.3) is 0 Å². The lowest BCUT2D eigenvalue weighted by Crippen LogP contribution is -2.33. The van der Waals surface area contributed by atoms with Crippen molar-refractivity contribution in [1.29, 1.82) is 0 Å². The van der Waals surface area contributed by atoms with Crippen LogP contribution in [-0.2, 0) is 0 Å². The molecule has 5 heteroatoms. The number of aromatic nitrogens is 1. The van der Waals surface area contributed by atoms with Crippen LogP contribution in [0.1, 0.15) is 25.5 Å². The maximum Gasteiger partial charge on any atom is 0.493 e. The SMILES string of the molecule is CC(C)c1ccc(B(O)O)c(F)n1. The number of hydrogen-bond donors (Lipinski definition) is 2. The topological polar surface area (TPSA) is 53.4 Å². The molecular formula is C8H11BFNO2. The molecule has 0 aliphatic carbocycles. The second kappa shape index (κ2) is 3.85. The number of hydrogen-bond acceptors (Lipinski definition) is 3. The predicted octanol–water partition coefficient (Wildman–Crippen LogP) is 0.0239. The van der Waals surface area contributed by atoms with Crippen LogP contribution in [0, 0.1) is 5.95 Å². The molecule has 0 amide bonds. The molecule has 70 valence electrons. The quantitative estimate of drug-likeness (QED) is 0.502. The first-order chi connectivity index (χ1) is 6.02. The van der Waals surface area contributed by atoms with E-state index >= 15 is 0 Å². The van der Waals surface area contributed by atoms with E-state index in [0.717, 1.165) is 0 Å². The van der Waals surface area contributed by atoms with E-state index in [2.05, 4.69) is 4.98 Å². The molecule has 0 spiro atoms. The first-order valence-corrected chi connectivity index (χ1v) is 4.05. The van der Waals surface area contributed by atoms with Gasteiger partial charge >= 0.3 is 7.12 Å². The Bertz CT molecular complexity index is 304. The maximum absolute atomic E-state index is 13.0. The summed E-state index contributed by atoms with van der Waals surface area (Å²) in [6.45, 7) is 3.77.